The van der Waals surface area contributed by atoms with Crippen molar-refractivity contribution in [3.63, 3.8) is 0 Å². The molecule has 1 aromatic carbocycles. The third kappa shape index (κ3) is 2.03. The molecule has 1 aliphatic heterocycles. The monoisotopic (exact) mass is 304 g/mol. The van der Waals surface area contributed by atoms with Gasteiger partial charge in [-0.05, 0) is 59.3 Å². The van der Waals surface area contributed by atoms with E-state index in [0.29, 0.717) is 0 Å². The van der Waals surface area contributed by atoms with Crippen LogP contribution in [0.2, 0.25) is 0 Å². The third-order valence-corrected chi connectivity index (χ3v) is 5.03. The highest BCUT2D eigenvalue weighted by Crippen LogP contribution is 2.41. The summed E-state index contributed by atoms with van der Waals surface area (Å²) in [4.78, 5) is 2.55. The average molecular weight is 305 g/mol. The molecule has 2 unspecified atom stereocenters. The first-order valence-electron chi connectivity index (χ1n) is 6.76. The van der Waals surface area contributed by atoms with Crippen LogP contribution in [0, 0.1) is 17.2 Å². The third-order valence-electron chi connectivity index (χ3n) is 4.40. The highest BCUT2D eigenvalue weighted by molar-refractivity contribution is 9.10. The Bertz CT molecular complexity index is 492. The van der Waals surface area contributed by atoms with Crippen LogP contribution in [0.3, 0.4) is 0 Å². The molecule has 0 spiro atoms. The molecule has 0 bridgehead atoms. The first-order valence-corrected chi connectivity index (χ1v) is 7.55. The fourth-order valence-corrected chi connectivity index (χ4v) is 4.12. The van der Waals surface area contributed by atoms with E-state index in [0.717, 1.165) is 22.0 Å². The lowest BCUT2D eigenvalue weighted by atomic mass is 9.85. The minimum atomic E-state index is 0.725. The van der Waals surface area contributed by atoms with Crippen LogP contribution in [0.4, 0.5) is 5.69 Å². The summed E-state index contributed by atoms with van der Waals surface area (Å²) < 4.78 is 1.06. The van der Waals surface area contributed by atoms with E-state index >= 15 is 0 Å². The molecular formula is C15H17BrN2. The zero-order chi connectivity index (χ0) is 12.5. The molecule has 1 aromatic rings. The molecule has 1 saturated carbocycles. The maximum Gasteiger partial charge on any atom is 0.0992 e. The Balaban J connectivity index is 1.89. The molecule has 0 radical (unpaired) electrons. The number of hydrogen-bond donors (Lipinski definition) is 0. The molecule has 3 heteroatoms. The summed E-state index contributed by atoms with van der Waals surface area (Å²) in [7, 11) is 0. The van der Waals surface area contributed by atoms with Gasteiger partial charge in [0.1, 0.15) is 0 Å². The van der Waals surface area contributed by atoms with Gasteiger partial charge in [-0.15, -0.1) is 0 Å². The van der Waals surface area contributed by atoms with Crippen molar-refractivity contribution in [1.82, 2.24) is 0 Å². The van der Waals surface area contributed by atoms with Crippen LogP contribution in [0.1, 0.15) is 37.7 Å². The maximum absolute atomic E-state index is 8.92. The second-order valence-electron chi connectivity index (χ2n) is 5.37. The number of anilines is 1. The van der Waals surface area contributed by atoms with Gasteiger partial charge in [0.15, 0.2) is 0 Å². The summed E-state index contributed by atoms with van der Waals surface area (Å²) in [5, 5.41) is 8.92. The van der Waals surface area contributed by atoms with E-state index in [1.807, 2.05) is 12.1 Å². The van der Waals surface area contributed by atoms with Crippen LogP contribution in [-0.4, -0.2) is 12.6 Å². The lowest BCUT2D eigenvalue weighted by Crippen LogP contribution is -2.34. The van der Waals surface area contributed by atoms with Crippen LogP contribution in [0.25, 0.3) is 0 Å². The van der Waals surface area contributed by atoms with Crippen molar-refractivity contribution in [2.75, 3.05) is 11.4 Å². The van der Waals surface area contributed by atoms with Crippen molar-refractivity contribution < 1.29 is 0 Å². The van der Waals surface area contributed by atoms with E-state index in [2.05, 4.69) is 33.0 Å². The highest BCUT2D eigenvalue weighted by atomic mass is 79.9. The summed E-state index contributed by atoms with van der Waals surface area (Å²) >= 11 is 3.62. The van der Waals surface area contributed by atoms with Crippen molar-refractivity contribution in [3.05, 3.63) is 28.2 Å². The standard InChI is InChI=1S/C15H17BrN2/c16-13-9-11(10-17)5-6-15(13)18-8-7-12-3-1-2-4-14(12)18/h5-6,9,12,14H,1-4,7-8H2. The molecule has 1 aliphatic carbocycles. The Hall–Kier alpha value is -1.01. The SMILES string of the molecule is N#Cc1ccc(N2CCC3CCCCC32)c(Br)c1. The summed E-state index contributed by atoms with van der Waals surface area (Å²) in [5.74, 6) is 0.890. The predicted molar refractivity (Wildman–Crippen MR) is 76.6 cm³/mol. The predicted octanol–water partition coefficient (Wildman–Crippen LogP) is 4.09. The number of nitrogens with zero attached hydrogens (tertiary/aromatic N) is 2. The molecule has 0 N–H and O–H groups in total. The van der Waals surface area contributed by atoms with Gasteiger partial charge in [-0.1, -0.05) is 12.8 Å². The van der Waals surface area contributed by atoms with Crippen molar-refractivity contribution in [2.45, 2.75) is 38.1 Å². The number of benzene rings is 1. The minimum absolute atomic E-state index is 0.725. The van der Waals surface area contributed by atoms with Gasteiger partial charge in [0.2, 0.25) is 0 Å². The van der Waals surface area contributed by atoms with E-state index in [4.69, 9.17) is 5.26 Å². The second kappa shape index (κ2) is 4.93. The van der Waals surface area contributed by atoms with Crippen molar-refractivity contribution in [2.24, 2.45) is 5.92 Å². The number of hydrogen-bond acceptors (Lipinski definition) is 2. The van der Waals surface area contributed by atoms with Gasteiger partial charge >= 0.3 is 0 Å². The molecule has 3 rings (SSSR count). The number of rotatable bonds is 1. The minimum Gasteiger partial charge on any atom is -0.367 e. The van der Waals surface area contributed by atoms with Gasteiger partial charge < -0.3 is 4.90 Å². The zero-order valence-corrected chi connectivity index (χ0v) is 12.0. The van der Waals surface area contributed by atoms with Crippen LogP contribution in [0.5, 0.6) is 0 Å². The normalized spacial score (nSPS) is 26.8. The highest BCUT2D eigenvalue weighted by Gasteiger charge is 2.36. The Labute approximate surface area is 117 Å². The summed E-state index contributed by atoms with van der Waals surface area (Å²) in [6.07, 6.45) is 6.83. The summed E-state index contributed by atoms with van der Waals surface area (Å²) in [6.45, 7) is 1.17. The van der Waals surface area contributed by atoms with E-state index < -0.39 is 0 Å². The van der Waals surface area contributed by atoms with Crippen molar-refractivity contribution in [1.29, 1.82) is 5.26 Å². The topological polar surface area (TPSA) is 27.0 Å². The van der Waals surface area contributed by atoms with Crippen LogP contribution in [0.15, 0.2) is 22.7 Å². The van der Waals surface area contributed by atoms with Gasteiger partial charge in [0, 0.05) is 17.1 Å². The Morgan fingerprint density at radius 1 is 1.22 bits per heavy atom. The summed E-state index contributed by atoms with van der Waals surface area (Å²) in [5.41, 5.74) is 1.99. The summed E-state index contributed by atoms with van der Waals surface area (Å²) in [6, 6.07) is 8.88. The lowest BCUT2D eigenvalue weighted by Gasteiger charge is -2.33. The number of nitriles is 1. The Morgan fingerprint density at radius 2 is 2.06 bits per heavy atom. The molecule has 18 heavy (non-hydrogen) atoms. The maximum atomic E-state index is 8.92. The molecule has 0 amide bonds. The molecular weight excluding hydrogens is 288 g/mol. The molecule has 2 fully saturated rings. The second-order valence-corrected chi connectivity index (χ2v) is 6.23. The fraction of sp³-hybridized carbons (Fsp3) is 0.533. The first-order chi connectivity index (χ1) is 8.79. The molecule has 2 aliphatic rings. The van der Waals surface area contributed by atoms with E-state index in [1.165, 1.54) is 44.3 Å². The average Bonchev–Trinajstić information content (AvgIpc) is 2.82. The first kappa shape index (κ1) is 12.0. The zero-order valence-electron chi connectivity index (χ0n) is 10.4. The molecule has 2 atom stereocenters. The molecule has 94 valence electrons. The van der Waals surface area contributed by atoms with Gasteiger partial charge in [-0.25, -0.2) is 0 Å². The largest absolute Gasteiger partial charge is 0.367 e. The van der Waals surface area contributed by atoms with Crippen LogP contribution in [-0.2, 0) is 0 Å². The Morgan fingerprint density at radius 3 is 2.83 bits per heavy atom. The fourth-order valence-electron chi connectivity index (χ4n) is 3.51. The number of fused-ring (bicyclic) bond motifs is 1. The van der Waals surface area contributed by atoms with Gasteiger partial charge in [-0.2, -0.15) is 5.26 Å². The quantitative estimate of drug-likeness (QED) is 0.781. The van der Waals surface area contributed by atoms with Gasteiger partial charge in [0.05, 0.1) is 17.3 Å². The number of halogens is 1. The van der Waals surface area contributed by atoms with Crippen molar-refractivity contribution in [3.8, 4) is 6.07 Å². The lowest BCUT2D eigenvalue weighted by molar-refractivity contribution is 0.342. The van der Waals surface area contributed by atoms with E-state index in [-0.39, 0.29) is 0 Å². The smallest absolute Gasteiger partial charge is 0.0992 e. The van der Waals surface area contributed by atoms with E-state index in [1.54, 1.807) is 0 Å². The molecule has 1 saturated heterocycles. The molecule has 1 heterocycles. The van der Waals surface area contributed by atoms with Gasteiger partial charge in [0.25, 0.3) is 0 Å². The molecule has 2 nitrogen and oxygen atoms in total. The molecule has 0 aromatic heterocycles. The van der Waals surface area contributed by atoms with Crippen LogP contribution < -0.4 is 4.90 Å². The van der Waals surface area contributed by atoms with E-state index in [9.17, 15) is 0 Å². The van der Waals surface area contributed by atoms with Crippen molar-refractivity contribution >= 4 is 21.6 Å². The van der Waals surface area contributed by atoms with Gasteiger partial charge in [-0.3, -0.25) is 0 Å². The Kier molecular flexibility index (Phi) is 3.30. The van der Waals surface area contributed by atoms with Crippen LogP contribution >= 0.6 is 15.9 Å².